The topological polar surface area (TPSA) is 114 Å². The fourth-order valence-corrected chi connectivity index (χ4v) is 5.58. The quantitative estimate of drug-likeness (QED) is 0.625. The molecule has 33 heavy (non-hydrogen) atoms. The molecule has 0 bridgehead atoms. The molecule has 2 aromatic rings. The van der Waals surface area contributed by atoms with Crippen LogP contribution < -0.4 is 5.32 Å². The summed E-state index contributed by atoms with van der Waals surface area (Å²) in [6, 6.07) is 2.44. The number of piperidine rings is 1. The zero-order valence-electron chi connectivity index (χ0n) is 18.3. The van der Waals surface area contributed by atoms with Crippen molar-refractivity contribution < 1.29 is 31.2 Å². The standard InChI is InChI=1S/C20H24F3N5O4S/c1-12(29)15-10-14(4-7-24-15)25-19(30)28-8-5-13(6-9-28)20(2,23)33(31,32)16-11-27(3)26-17(16)18(21)22/h4,7,10-11,13,18H,5-6,8-9H2,1-3H3,(H,24,25,30)/t20-/m0/s1. The minimum Gasteiger partial charge on any atom is -0.325 e. The number of nitrogens with zero attached hydrogens (tertiary/aromatic N) is 4. The van der Waals surface area contributed by atoms with Crippen LogP contribution in [0.1, 0.15) is 49.3 Å². The number of hydrogen-bond donors (Lipinski definition) is 1. The molecule has 1 fully saturated rings. The molecule has 2 amide bonds. The zero-order valence-corrected chi connectivity index (χ0v) is 19.1. The van der Waals surface area contributed by atoms with E-state index < -0.39 is 43.8 Å². The second kappa shape index (κ2) is 9.12. The maximum absolute atomic E-state index is 15.7. The molecule has 9 nitrogen and oxygen atoms in total. The summed E-state index contributed by atoms with van der Waals surface area (Å²) in [4.78, 5) is 28.4. The van der Waals surface area contributed by atoms with Crippen molar-refractivity contribution in [1.82, 2.24) is 19.7 Å². The van der Waals surface area contributed by atoms with Crippen molar-refractivity contribution in [2.45, 2.75) is 43.0 Å². The van der Waals surface area contributed by atoms with Gasteiger partial charge < -0.3 is 10.2 Å². The highest BCUT2D eigenvalue weighted by Crippen LogP contribution is 2.41. The highest BCUT2D eigenvalue weighted by molar-refractivity contribution is 7.92. The van der Waals surface area contributed by atoms with Crippen LogP contribution in [0.3, 0.4) is 0 Å². The molecule has 3 rings (SSSR count). The number of rotatable bonds is 6. The van der Waals surface area contributed by atoms with Crippen LogP contribution in [0.4, 0.5) is 23.7 Å². The Morgan fingerprint density at radius 3 is 2.48 bits per heavy atom. The SMILES string of the molecule is CC(=O)c1cc(NC(=O)N2CCC([C@@](C)(F)S(=O)(=O)c3cn(C)nc3C(F)F)CC2)ccn1. The van der Waals surface area contributed by atoms with Crippen LogP contribution in [0.25, 0.3) is 0 Å². The summed E-state index contributed by atoms with van der Waals surface area (Å²) >= 11 is 0. The predicted molar refractivity (Wildman–Crippen MR) is 112 cm³/mol. The van der Waals surface area contributed by atoms with Crippen LogP contribution in [0.5, 0.6) is 0 Å². The first-order valence-electron chi connectivity index (χ1n) is 10.1. The van der Waals surface area contributed by atoms with Crippen molar-refractivity contribution in [1.29, 1.82) is 0 Å². The van der Waals surface area contributed by atoms with Gasteiger partial charge in [-0.3, -0.25) is 14.5 Å². The minimum atomic E-state index is -4.78. The van der Waals surface area contributed by atoms with Gasteiger partial charge in [-0.05, 0) is 31.9 Å². The van der Waals surface area contributed by atoms with Crippen LogP contribution >= 0.6 is 0 Å². The van der Waals surface area contributed by atoms with Gasteiger partial charge in [0.05, 0.1) is 0 Å². The Hall–Kier alpha value is -2.96. The number of aromatic nitrogens is 3. The second-order valence-electron chi connectivity index (χ2n) is 8.02. The summed E-state index contributed by atoms with van der Waals surface area (Å²) in [7, 11) is -3.50. The summed E-state index contributed by atoms with van der Waals surface area (Å²) in [5, 5.41) is 3.26. The molecule has 1 aliphatic heterocycles. The number of urea groups is 1. The third-order valence-corrected chi connectivity index (χ3v) is 8.00. The average Bonchev–Trinajstić information content (AvgIpc) is 3.16. The second-order valence-corrected chi connectivity index (χ2v) is 10.3. The van der Waals surface area contributed by atoms with Gasteiger partial charge >= 0.3 is 6.03 Å². The van der Waals surface area contributed by atoms with E-state index in [-0.39, 0.29) is 37.4 Å². The number of anilines is 1. The van der Waals surface area contributed by atoms with Gasteiger partial charge in [0, 0.05) is 51.1 Å². The van der Waals surface area contributed by atoms with E-state index in [2.05, 4.69) is 15.4 Å². The highest BCUT2D eigenvalue weighted by atomic mass is 32.2. The number of carbonyl (C=O) groups is 2. The third-order valence-electron chi connectivity index (χ3n) is 5.73. The van der Waals surface area contributed by atoms with Crippen LogP contribution in [0, 0.1) is 5.92 Å². The van der Waals surface area contributed by atoms with E-state index in [1.807, 2.05) is 0 Å². The summed E-state index contributed by atoms with van der Waals surface area (Å²) in [6.45, 7) is 2.33. The van der Waals surface area contributed by atoms with Crippen LogP contribution in [0.15, 0.2) is 29.4 Å². The third kappa shape index (κ3) is 4.87. The Labute approximate surface area is 188 Å². The number of aryl methyl sites for hydroxylation is 1. The molecule has 1 saturated heterocycles. The molecule has 0 spiro atoms. The monoisotopic (exact) mass is 487 g/mol. The smallest absolute Gasteiger partial charge is 0.321 e. The van der Waals surface area contributed by atoms with Gasteiger partial charge in [-0.2, -0.15) is 5.10 Å². The Balaban J connectivity index is 1.70. The number of nitrogens with one attached hydrogen (secondary N) is 1. The largest absolute Gasteiger partial charge is 0.325 e. The molecule has 1 aliphatic rings. The molecule has 3 heterocycles. The zero-order chi connectivity index (χ0) is 24.6. The van der Waals surface area contributed by atoms with Crippen LogP contribution in [-0.2, 0) is 16.9 Å². The van der Waals surface area contributed by atoms with Crippen molar-refractivity contribution >= 4 is 27.3 Å². The summed E-state index contributed by atoms with van der Waals surface area (Å²) in [6.07, 6.45) is -0.891. The van der Waals surface area contributed by atoms with Crippen molar-refractivity contribution in [3.8, 4) is 0 Å². The van der Waals surface area contributed by atoms with Gasteiger partial charge in [-0.25, -0.2) is 26.4 Å². The normalized spacial score (nSPS) is 17.1. The Morgan fingerprint density at radius 2 is 1.91 bits per heavy atom. The van der Waals surface area contributed by atoms with E-state index >= 15 is 4.39 Å². The number of alkyl halides is 3. The summed E-state index contributed by atoms with van der Waals surface area (Å²) in [5.41, 5.74) is -0.444. The van der Waals surface area contributed by atoms with Gasteiger partial charge in [0.15, 0.2) is 5.78 Å². The Bertz CT molecular complexity index is 1160. The van der Waals surface area contributed by atoms with Crippen molar-refractivity contribution in [2.24, 2.45) is 13.0 Å². The molecule has 2 aromatic heterocycles. The molecule has 0 aliphatic carbocycles. The molecular weight excluding hydrogens is 463 g/mol. The number of sulfone groups is 1. The number of Topliss-reactive ketones (excluding diaryl/α,β-unsaturated/α-hetero) is 1. The maximum atomic E-state index is 15.7. The Kier molecular flexibility index (Phi) is 6.82. The highest BCUT2D eigenvalue weighted by Gasteiger charge is 2.50. The van der Waals surface area contributed by atoms with Crippen molar-refractivity contribution in [3.05, 3.63) is 35.9 Å². The molecule has 0 aromatic carbocycles. The lowest BCUT2D eigenvalue weighted by Gasteiger charge is -2.37. The van der Waals surface area contributed by atoms with E-state index in [9.17, 15) is 26.8 Å². The fourth-order valence-electron chi connectivity index (χ4n) is 3.78. The lowest BCUT2D eigenvalue weighted by Crippen LogP contribution is -2.48. The minimum absolute atomic E-state index is 0.0129. The Morgan fingerprint density at radius 1 is 1.27 bits per heavy atom. The molecule has 1 atom stereocenters. The van der Waals surface area contributed by atoms with E-state index in [1.54, 1.807) is 0 Å². The molecule has 0 unspecified atom stereocenters. The number of ketones is 1. The molecular formula is C20H24F3N5O4S. The first kappa shape index (κ1) is 24.7. The van der Waals surface area contributed by atoms with Gasteiger partial charge in [-0.15, -0.1) is 0 Å². The van der Waals surface area contributed by atoms with E-state index in [0.717, 1.165) is 17.8 Å². The van der Waals surface area contributed by atoms with Gasteiger partial charge in [-0.1, -0.05) is 0 Å². The van der Waals surface area contributed by atoms with Gasteiger partial charge in [0.25, 0.3) is 6.43 Å². The maximum Gasteiger partial charge on any atom is 0.321 e. The molecule has 1 N–H and O–H groups in total. The van der Waals surface area contributed by atoms with Gasteiger partial charge in [0.2, 0.25) is 14.8 Å². The van der Waals surface area contributed by atoms with E-state index in [0.29, 0.717) is 5.69 Å². The number of amides is 2. The molecule has 0 saturated carbocycles. The number of likely N-dealkylation sites (tertiary alicyclic amines) is 1. The first-order valence-corrected chi connectivity index (χ1v) is 11.6. The lowest BCUT2D eigenvalue weighted by molar-refractivity contribution is 0.101. The molecule has 13 heteroatoms. The van der Waals surface area contributed by atoms with Crippen LogP contribution in [0.2, 0.25) is 0 Å². The lowest BCUT2D eigenvalue weighted by atomic mass is 9.92. The number of carbonyl (C=O) groups excluding carboxylic acids is 2. The summed E-state index contributed by atoms with van der Waals surface area (Å²) < 4.78 is 69.0. The van der Waals surface area contributed by atoms with E-state index in [4.69, 9.17) is 0 Å². The van der Waals surface area contributed by atoms with Crippen molar-refractivity contribution in [3.63, 3.8) is 0 Å². The summed E-state index contributed by atoms with van der Waals surface area (Å²) in [5.74, 6) is -1.28. The molecule has 0 radical (unpaired) electrons. The van der Waals surface area contributed by atoms with Gasteiger partial charge in [0.1, 0.15) is 16.3 Å². The average molecular weight is 488 g/mol. The first-order chi connectivity index (χ1) is 15.3. The number of pyridine rings is 1. The predicted octanol–water partition coefficient (Wildman–Crippen LogP) is 3.36. The van der Waals surface area contributed by atoms with Crippen LogP contribution in [-0.4, -0.2) is 58.0 Å². The van der Waals surface area contributed by atoms with Crippen molar-refractivity contribution in [2.75, 3.05) is 18.4 Å². The molecule has 180 valence electrons. The van der Waals surface area contributed by atoms with E-state index in [1.165, 1.54) is 37.2 Å². The number of halogens is 3. The fraction of sp³-hybridized carbons (Fsp3) is 0.500. The number of hydrogen-bond acceptors (Lipinski definition) is 6.